The number of hydrogen-bond donors (Lipinski definition) is 1. The standard InChI is InChI=1S/C26H16Cl2N2OS/c27-19-12-11-17(13-20(19)28)24(31)25-23(29)22-18(15-7-3-1-4-8-15)14-21(30-26(22)32-25)16-9-5-2-6-10-16/h1-14H,29H2. The molecule has 3 aromatic carbocycles. The van der Waals surface area contributed by atoms with Crippen LogP contribution in [-0.2, 0) is 0 Å². The normalized spacial score (nSPS) is 11.1. The van der Waals surface area contributed by atoms with Gasteiger partial charge in [0.05, 0.1) is 21.4 Å². The molecule has 0 saturated heterocycles. The van der Waals surface area contributed by atoms with Crippen LogP contribution in [0, 0.1) is 0 Å². The molecular formula is C26H16Cl2N2OS. The van der Waals surface area contributed by atoms with Gasteiger partial charge in [-0.25, -0.2) is 4.98 Å². The van der Waals surface area contributed by atoms with E-state index in [-0.39, 0.29) is 5.78 Å². The van der Waals surface area contributed by atoms with Crippen molar-refractivity contribution in [1.29, 1.82) is 0 Å². The molecule has 156 valence electrons. The minimum atomic E-state index is -0.204. The first kappa shape index (κ1) is 20.7. The average Bonchev–Trinajstić information content (AvgIpc) is 3.17. The fourth-order valence-electron chi connectivity index (χ4n) is 3.66. The van der Waals surface area contributed by atoms with Gasteiger partial charge in [-0.3, -0.25) is 4.79 Å². The summed E-state index contributed by atoms with van der Waals surface area (Å²) in [6, 6.07) is 26.8. The summed E-state index contributed by atoms with van der Waals surface area (Å²) in [5.74, 6) is -0.204. The van der Waals surface area contributed by atoms with E-state index in [9.17, 15) is 4.79 Å². The maximum atomic E-state index is 13.3. The number of anilines is 1. The quantitative estimate of drug-likeness (QED) is 0.270. The average molecular weight is 475 g/mol. The smallest absolute Gasteiger partial charge is 0.205 e. The Morgan fingerprint density at radius 3 is 2.12 bits per heavy atom. The van der Waals surface area contributed by atoms with Crippen LogP contribution in [0.1, 0.15) is 15.2 Å². The van der Waals surface area contributed by atoms with Gasteiger partial charge in [0.15, 0.2) is 0 Å². The third-order valence-corrected chi connectivity index (χ3v) is 7.08. The molecule has 6 heteroatoms. The predicted molar refractivity (Wildman–Crippen MR) is 135 cm³/mol. The predicted octanol–water partition coefficient (Wildman–Crippen LogP) is 7.75. The van der Waals surface area contributed by atoms with Crippen molar-refractivity contribution in [2.45, 2.75) is 0 Å². The Morgan fingerprint density at radius 2 is 1.47 bits per heavy atom. The number of nitrogens with zero attached hydrogens (tertiary/aromatic N) is 1. The SMILES string of the molecule is Nc1c(C(=O)c2ccc(Cl)c(Cl)c2)sc2nc(-c3ccccc3)cc(-c3ccccc3)c12. The molecule has 32 heavy (non-hydrogen) atoms. The van der Waals surface area contributed by atoms with Crippen LogP contribution in [0.15, 0.2) is 84.9 Å². The van der Waals surface area contributed by atoms with E-state index in [4.69, 9.17) is 33.9 Å². The lowest BCUT2D eigenvalue weighted by molar-refractivity contribution is 0.104. The van der Waals surface area contributed by atoms with Gasteiger partial charge >= 0.3 is 0 Å². The fraction of sp³-hybridized carbons (Fsp3) is 0. The minimum Gasteiger partial charge on any atom is -0.397 e. The van der Waals surface area contributed by atoms with Crippen LogP contribution in [0.4, 0.5) is 5.69 Å². The molecule has 0 radical (unpaired) electrons. The van der Waals surface area contributed by atoms with E-state index in [0.29, 0.717) is 31.0 Å². The second-order valence-electron chi connectivity index (χ2n) is 7.27. The Labute approximate surface area is 199 Å². The molecule has 2 aromatic heterocycles. The molecule has 5 aromatic rings. The molecule has 0 amide bonds. The van der Waals surface area contributed by atoms with E-state index in [1.165, 1.54) is 11.3 Å². The van der Waals surface area contributed by atoms with E-state index in [1.807, 2.05) is 66.7 Å². The van der Waals surface area contributed by atoms with Gasteiger partial charge in [-0.1, -0.05) is 83.9 Å². The molecule has 0 spiro atoms. The highest BCUT2D eigenvalue weighted by atomic mass is 35.5. The molecule has 2 N–H and O–H groups in total. The molecule has 0 saturated carbocycles. The molecule has 3 nitrogen and oxygen atoms in total. The Morgan fingerprint density at radius 1 is 0.812 bits per heavy atom. The molecule has 0 bridgehead atoms. The van der Waals surface area contributed by atoms with E-state index < -0.39 is 0 Å². The van der Waals surface area contributed by atoms with Gasteiger partial charge in [-0.15, -0.1) is 11.3 Å². The summed E-state index contributed by atoms with van der Waals surface area (Å²) in [5.41, 5.74) is 11.2. The summed E-state index contributed by atoms with van der Waals surface area (Å²) >= 11 is 13.4. The number of carbonyl (C=O) groups excluding carboxylic acids is 1. The molecule has 0 aliphatic heterocycles. The van der Waals surface area contributed by atoms with Crippen molar-refractivity contribution in [3.63, 3.8) is 0 Å². The number of thiophene rings is 1. The van der Waals surface area contributed by atoms with Crippen molar-refractivity contribution < 1.29 is 4.79 Å². The number of pyridine rings is 1. The van der Waals surface area contributed by atoms with Crippen LogP contribution >= 0.6 is 34.5 Å². The number of ketones is 1. The highest BCUT2D eigenvalue weighted by molar-refractivity contribution is 7.21. The van der Waals surface area contributed by atoms with Crippen LogP contribution < -0.4 is 5.73 Å². The number of benzene rings is 3. The maximum Gasteiger partial charge on any atom is 0.205 e. The van der Waals surface area contributed by atoms with Gasteiger partial charge in [-0.2, -0.15) is 0 Å². The number of halogens is 2. The minimum absolute atomic E-state index is 0.204. The number of hydrogen-bond acceptors (Lipinski definition) is 4. The van der Waals surface area contributed by atoms with Crippen molar-refractivity contribution in [1.82, 2.24) is 4.98 Å². The second-order valence-corrected chi connectivity index (χ2v) is 9.08. The lowest BCUT2D eigenvalue weighted by Gasteiger charge is -2.09. The molecular weight excluding hydrogens is 459 g/mol. The van der Waals surface area contributed by atoms with Gasteiger partial charge in [0.1, 0.15) is 9.71 Å². The number of rotatable bonds is 4. The summed E-state index contributed by atoms with van der Waals surface area (Å²) in [6.07, 6.45) is 0. The zero-order chi connectivity index (χ0) is 22.2. The molecule has 0 aliphatic rings. The Kier molecular flexibility index (Phi) is 5.43. The lowest BCUT2D eigenvalue weighted by Crippen LogP contribution is -2.02. The second kappa shape index (κ2) is 8.40. The number of nitrogen functional groups attached to an aromatic ring is 1. The Bertz CT molecular complexity index is 1460. The molecule has 2 heterocycles. The molecule has 5 rings (SSSR count). The summed E-state index contributed by atoms with van der Waals surface area (Å²) in [4.78, 5) is 19.3. The van der Waals surface area contributed by atoms with Gasteiger partial charge in [-0.05, 0) is 35.4 Å². The van der Waals surface area contributed by atoms with Crippen LogP contribution in [0.5, 0.6) is 0 Å². The molecule has 0 atom stereocenters. The summed E-state index contributed by atoms with van der Waals surface area (Å²) in [5, 5.41) is 1.50. The van der Waals surface area contributed by atoms with Crippen LogP contribution in [0.3, 0.4) is 0 Å². The van der Waals surface area contributed by atoms with Gasteiger partial charge in [0.25, 0.3) is 0 Å². The van der Waals surface area contributed by atoms with Crippen LogP contribution in [0.2, 0.25) is 10.0 Å². The summed E-state index contributed by atoms with van der Waals surface area (Å²) in [6.45, 7) is 0. The van der Waals surface area contributed by atoms with Crippen molar-refractivity contribution in [3.05, 3.63) is 105 Å². The van der Waals surface area contributed by atoms with Crippen molar-refractivity contribution >= 4 is 56.2 Å². The Hall–Kier alpha value is -3.18. The topological polar surface area (TPSA) is 56.0 Å². The highest BCUT2D eigenvalue weighted by Gasteiger charge is 2.23. The number of carbonyl (C=O) groups is 1. The first-order chi connectivity index (χ1) is 15.5. The van der Waals surface area contributed by atoms with Gasteiger partial charge < -0.3 is 5.73 Å². The lowest BCUT2D eigenvalue weighted by atomic mass is 9.99. The zero-order valence-corrected chi connectivity index (χ0v) is 19.0. The van der Waals surface area contributed by atoms with Crippen LogP contribution in [-0.4, -0.2) is 10.8 Å². The summed E-state index contributed by atoms with van der Waals surface area (Å²) < 4.78 is 0. The molecule has 0 fully saturated rings. The Balaban J connectivity index is 1.75. The van der Waals surface area contributed by atoms with E-state index in [0.717, 1.165) is 27.8 Å². The van der Waals surface area contributed by atoms with Crippen molar-refractivity contribution in [2.75, 3.05) is 5.73 Å². The zero-order valence-electron chi connectivity index (χ0n) is 16.7. The largest absolute Gasteiger partial charge is 0.397 e. The third-order valence-electron chi connectivity index (χ3n) is 5.24. The third kappa shape index (κ3) is 3.67. The first-order valence-corrected chi connectivity index (χ1v) is 11.4. The number of fused-ring (bicyclic) bond motifs is 1. The van der Waals surface area contributed by atoms with Crippen molar-refractivity contribution in [3.8, 4) is 22.4 Å². The van der Waals surface area contributed by atoms with Crippen LogP contribution in [0.25, 0.3) is 32.6 Å². The summed E-state index contributed by atoms with van der Waals surface area (Å²) in [7, 11) is 0. The monoisotopic (exact) mass is 474 g/mol. The number of aromatic nitrogens is 1. The first-order valence-electron chi connectivity index (χ1n) is 9.86. The van der Waals surface area contributed by atoms with E-state index >= 15 is 0 Å². The molecule has 0 aliphatic carbocycles. The number of nitrogens with two attached hydrogens (primary N) is 1. The molecule has 0 unspecified atom stereocenters. The van der Waals surface area contributed by atoms with Gasteiger partial charge in [0.2, 0.25) is 5.78 Å². The van der Waals surface area contributed by atoms with E-state index in [2.05, 4.69) is 0 Å². The highest BCUT2D eigenvalue weighted by Crippen LogP contribution is 2.42. The van der Waals surface area contributed by atoms with E-state index in [1.54, 1.807) is 18.2 Å². The maximum absolute atomic E-state index is 13.3. The van der Waals surface area contributed by atoms with Crippen molar-refractivity contribution in [2.24, 2.45) is 0 Å². The van der Waals surface area contributed by atoms with Gasteiger partial charge in [0, 0.05) is 16.5 Å². The fourth-order valence-corrected chi connectivity index (χ4v) is 5.04.